The van der Waals surface area contributed by atoms with Gasteiger partial charge in [-0.2, -0.15) is 0 Å². The largest absolute Gasteiger partial charge is 0.465 e. The van der Waals surface area contributed by atoms with Gasteiger partial charge in [0, 0.05) is 12.0 Å². The summed E-state index contributed by atoms with van der Waals surface area (Å²) in [4.78, 5) is 26.6. The topological polar surface area (TPSA) is 60.4 Å². The van der Waals surface area contributed by atoms with Crippen LogP contribution < -0.4 is 0 Å². The summed E-state index contributed by atoms with van der Waals surface area (Å²) in [5.74, 6) is -0.534. The van der Waals surface area contributed by atoms with Gasteiger partial charge >= 0.3 is 5.97 Å². The number of aryl methyl sites for hydroxylation is 3. The molecule has 4 nitrogen and oxygen atoms in total. The Balaban J connectivity index is 3.18. The molecule has 0 aliphatic carbocycles. The minimum atomic E-state index is -1.35. The van der Waals surface area contributed by atoms with Crippen LogP contribution in [0, 0.1) is 32.1 Å². The van der Waals surface area contributed by atoms with Crippen molar-refractivity contribution in [1.82, 2.24) is 0 Å². The zero-order valence-electron chi connectivity index (χ0n) is 21.5. The first-order valence-electron chi connectivity index (χ1n) is 12.0. The molecule has 0 aromatic heterocycles. The molecule has 32 heavy (non-hydrogen) atoms. The Morgan fingerprint density at radius 2 is 1.59 bits per heavy atom. The lowest BCUT2D eigenvalue weighted by Gasteiger charge is -2.30. The van der Waals surface area contributed by atoms with Crippen LogP contribution in [0.2, 0.25) is 0 Å². The molecule has 0 radical (unpaired) electrons. The van der Waals surface area contributed by atoms with Crippen LogP contribution >= 0.6 is 8.46 Å². The maximum atomic E-state index is 13.4. The number of carbonyl (C=O) groups excluding carboxylic acids is 2. The third-order valence-electron chi connectivity index (χ3n) is 5.84. The molecule has 0 bridgehead atoms. The highest BCUT2D eigenvalue weighted by molar-refractivity contribution is 7.28. The molecule has 0 heterocycles. The van der Waals surface area contributed by atoms with E-state index in [0.717, 1.165) is 48.8 Å². The van der Waals surface area contributed by atoms with Crippen molar-refractivity contribution in [3.63, 3.8) is 0 Å². The normalized spacial score (nSPS) is 14.8. The zero-order chi connectivity index (χ0) is 24.5. The van der Waals surface area contributed by atoms with Gasteiger partial charge in [-0.05, 0) is 62.5 Å². The second-order valence-electron chi connectivity index (χ2n) is 10.8. The van der Waals surface area contributed by atoms with E-state index in [9.17, 15) is 14.2 Å². The number of Topliss-reactive ketones (excluding diaryl/α,β-unsaturated/α-hetero) is 1. The standard InChI is InChI=1S/C27H43O4P/c1-9-10-11-12-13-31-25(29)27(32-30,17-20(3)16-26(6,7)8)18-23(28)24-21(4)14-19(2)15-22(24)5/h14-15,20H,9-13,16-18H2,1-8H3. The van der Waals surface area contributed by atoms with Crippen molar-refractivity contribution in [3.05, 3.63) is 34.4 Å². The highest BCUT2D eigenvalue weighted by Gasteiger charge is 2.45. The molecule has 180 valence electrons. The lowest BCUT2D eigenvalue weighted by molar-refractivity contribution is -0.147. The fraction of sp³-hybridized carbons (Fsp3) is 0.704. The zero-order valence-corrected chi connectivity index (χ0v) is 22.4. The third-order valence-corrected chi connectivity index (χ3v) is 6.71. The number of rotatable bonds is 13. The van der Waals surface area contributed by atoms with E-state index in [4.69, 9.17) is 4.74 Å². The lowest BCUT2D eigenvalue weighted by atomic mass is 9.79. The van der Waals surface area contributed by atoms with Crippen LogP contribution in [-0.2, 0) is 14.1 Å². The highest BCUT2D eigenvalue weighted by atomic mass is 31.1. The van der Waals surface area contributed by atoms with Crippen LogP contribution in [0.1, 0.15) is 107 Å². The maximum absolute atomic E-state index is 13.4. The van der Waals surface area contributed by atoms with E-state index in [0.29, 0.717) is 18.6 Å². The molecule has 1 rings (SSSR count). The van der Waals surface area contributed by atoms with Crippen LogP contribution in [0.4, 0.5) is 0 Å². The van der Waals surface area contributed by atoms with Gasteiger partial charge < -0.3 is 4.74 Å². The summed E-state index contributed by atoms with van der Waals surface area (Å²) in [6, 6.07) is 3.95. The number of hydrogen-bond donors (Lipinski definition) is 0. The second-order valence-corrected chi connectivity index (χ2v) is 11.8. The van der Waals surface area contributed by atoms with Crippen molar-refractivity contribution in [2.45, 2.75) is 105 Å². The van der Waals surface area contributed by atoms with Crippen molar-refractivity contribution in [1.29, 1.82) is 0 Å². The first-order chi connectivity index (χ1) is 14.8. The number of carbonyl (C=O) groups is 2. The molecule has 2 unspecified atom stereocenters. The number of unbranched alkanes of at least 4 members (excludes halogenated alkanes) is 3. The number of ether oxygens (including phenoxy) is 1. The fourth-order valence-electron chi connectivity index (χ4n) is 4.83. The molecule has 1 aromatic rings. The van der Waals surface area contributed by atoms with E-state index < -0.39 is 11.1 Å². The van der Waals surface area contributed by atoms with Crippen molar-refractivity contribution < 1.29 is 18.9 Å². The van der Waals surface area contributed by atoms with E-state index in [1.165, 1.54) is 0 Å². The van der Waals surface area contributed by atoms with Crippen LogP contribution in [0.15, 0.2) is 12.1 Å². The fourth-order valence-corrected chi connectivity index (χ4v) is 5.56. The van der Waals surface area contributed by atoms with Crippen molar-refractivity contribution in [2.75, 3.05) is 6.61 Å². The Morgan fingerprint density at radius 1 is 1.00 bits per heavy atom. The Bertz CT molecular complexity index is 770. The molecule has 0 spiro atoms. The van der Waals surface area contributed by atoms with Gasteiger partial charge in [0.15, 0.2) is 19.4 Å². The smallest absolute Gasteiger partial charge is 0.324 e. The average Bonchev–Trinajstić information content (AvgIpc) is 2.64. The van der Waals surface area contributed by atoms with E-state index in [2.05, 4.69) is 34.6 Å². The van der Waals surface area contributed by atoms with E-state index in [1.54, 1.807) is 0 Å². The molecule has 1 aromatic carbocycles. The Kier molecular flexibility index (Phi) is 11.2. The van der Waals surface area contributed by atoms with Gasteiger partial charge in [-0.3, -0.25) is 14.2 Å². The Labute approximate surface area is 197 Å². The molecule has 5 heteroatoms. The number of ketones is 1. The number of benzene rings is 1. The average molecular weight is 463 g/mol. The summed E-state index contributed by atoms with van der Waals surface area (Å²) in [6.07, 6.45) is 5.09. The second kappa shape index (κ2) is 12.6. The van der Waals surface area contributed by atoms with Crippen molar-refractivity contribution >= 4 is 20.2 Å². The summed E-state index contributed by atoms with van der Waals surface area (Å²) < 4.78 is 18.1. The van der Waals surface area contributed by atoms with E-state index in [1.807, 2.05) is 32.9 Å². The maximum Gasteiger partial charge on any atom is 0.324 e. The van der Waals surface area contributed by atoms with Gasteiger partial charge in [-0.25, -0.2) is 0 Å². The lowest BCUT2D eigenvalue weighted by Crippen LogP contribution is -2.39. The number of hydrogen-bond acceptors (Lipinski definition) is 4. The van der Waals surface area contributed by atoms with Crippen molar-refractivity contribution in [3.8, 4) is 0 Å². The highest BCUT2D eigenvalue weighted by Crippen LogP contribution is 2.40. The van der Waals surface area contributed by atoms with E-state index in [-0.39, 0.29) is 32.0 Å². The molecule has 2 atom stereocenters. The molecule has 0 amide bonds. The van der Waals surface area contributed by atoms with Crippen LogP contribution in [0.3, 0.4) is 0 Å². The first-order valence-corrected chi connectivity index (χ1v) is 12.8. The van der Waals surface area contributed by atoms with Crippen LogP contribution in [0.25, 0.3) is 0 Å². The van der Waals surface area contributed by atoms with Gasteiger partial charge in [0.2, 0.25) is 0 Å². The predicted octanol–water partition coefficient (Wildman–Crippen LogP) is 7.80. The summed E-state index contributed by atoms with van der Waals surface area (Å²) in [7, 11) is -0.342. The summed E-state index contributed by atoms with van der Waals surface area (Å²) in [5, 5.41) is -1.35. The first kappa shape index (κ1) is 28.5. The summed E-state index contributed by atoms with van der Waals surface area (Å²) >= 11 is 0. The van der Waals surface area contributed by atoms with Crippen molar-refractivity contribution in [2.24, 2.45) is 11.3 Å². The van der Waals surface area contributed by atoms with Crippen LogP contribution in [0.5, 0.6) is 0 Å². The molecule has 0 aliphatic heterocycles. The Hall–Kier alpha value is -1.54. The quantitative estimate of drug-likeness (QED) is 0.130. The Morgan fingerprint density at radius 3 is 2.09 bits per heavy atom. The summed E-state index contributed by atoms with van der Waals surface area (Å²) in [6.45, 7) is 16.8. The molecule has 0 saturated heterocycles. The molecule has 0 aliphatic rings. The minimum Gasteiger partial charge on any atom is -0.465 e. The summed E-state index contributed by atoms with van der Waals surface area (Å²) in [5.41, 5.74) is 3.57. The SMILES string of the molecule is CCCCCCOC(=O)C(CC(=O)c1c(C)cc(C)cc1C)(CC(C)CC(C)(C)C)P=O. The van der Waals surface area contributed by atoms with Gasteiger partial charge in [-0.15, -0.1) is 0 Å². The monoisotopic (exact) mass is 462 g/mol. The van der Waals surface area contributed by atoms with Crippen LogP contribution in [-0.4, -0.2) is 23.5 Å². The molecular formula is C27H43O4P. The molecule has 0 saturated carbocycles. The molecule has 0 N–H and O–H groups in total. The van der Waals surface area contributed by atoms with E-state index >= 15 is 0 Å². The van der Waals surface area contributed by atoms with Gasteiger partial charge in [0.25, 0.3) is 0 Å². The van der Waals surface area contributed by atoms with Gasteiger partial charge in [-0.1, -0.05) is 71.6 Å². The van der Waals surface area contributed by atoms with Gasteiger partial charge in [0.05, 0.1) is 6.61 Å². The third kappa shape index (κ3) is 8.77. The predicted molar refractivity (Wildman–Crippen MR) is 133 cm³/mol. The number of esters is 1. The minimum absolute atomic E-state index is 0.0725. The van der Waals surface area contributed by atoms with Gasteiger partial charge in [0.1, 0.15) is 0 Å². The molecule has 0 fully saturated rings. The molecular weight excluding hydrogens is 419 g/mol.